The summed E-state index contributed by atoms with van der Waals surface area (Å²) in [5, 5.41) is 0. The van der Waals surface area contributed by atoms with Gasteiger partial charge in [0.2, 0.25) is 10.0 Å². The lowest BCUT2D eigenvalue weighted by Crippen LogP contribution is -2.44. The van der Waals surface area contributed by atoms with Crippen LogP contribution in [0.15, 0.2) is 23.1 Å². The quantitative estimate of drug-likeness (QED) is 0.925. The van der Waals surface area contributed by atoms with E-state index in [1.54, 1.807) is 6.07 Å². The van der Waals surface area contributed by atoms with Gasteiger partial charge in [-0.3, -0.25) is 0 Å². The Morgan fingerprint density at radius 1 is 1.25 bits per heavy atom. The van der Waals surface area contributed by atoms with Crippen molar-refractivity contribution in [2.75, 3.05) is 19.6 Å². The van der Waals surface area contributed by atoms with E-state index in [0.717, 1.165) is 43.6 Å². The number of rotatable bonds is 4. The normalized spacial score (nSPS) is 18.4. The third-order valence-electron chi connectivity index (χ3n) is 3.98. The molecule has 5 heteroatoms. The van der Waals surface area contributed by atoms with E-state index >= 15 is 0 Å². The zero-order chi connectivity index (χ0) is 14.8. The third-order valence-corrected chi connectivity index (χ3v) is 5.66. The van der Waals surface area contributed by atoms with Gasteiger partial charge in [-0.25, -0.2) is 13.1 Å². The van der Waals surface area contributed by atoms with E-state index in [9.17, 15) is 8.42 Å². The van der Waals surface area contributed by atoms with Crippen LogP contribution in [0.2, 0.25) is 0 Å². The fourth-order valence-electron chi connectivity index (χ4n) is 2.75. The van der Waals surface area contributed by atoms with Crippen LogP contribution in [0.1, 0.15) is 30.9 Å². The van der Waals surface area contributed by atoms with Crippen molar-refractivity contribution < 1.29 is 8.42 Å². The highest BCUT2D eigenvalue weighted by Gasteiger charge is 2.24. The molecule has 0 radical (unpaired) electrons. The van der Waals surface area contributed by atoms with Gasteiger partial charge in [-0.15, -0.1) is 0 Å². The van der Waals surface area contributed by atoms with E-state index < -0.39 is 10.0 Å². The summed E-state index contributed by atoms with van der Waals surface area (Å²) in [5.41, 5.74) is 1.89. The molecule has 0 atom stereocenters. The van der Waals surface area contributed by atoms with Gasteiger partial charge in [0.25, 0.3) is 0 Å². The summed E-state index contributed by atoms with van der Waals surface area (Å²) < 4.78 is 27.8. The van der Waals surface area contributed by atoms with Gasteiger partial charge in [0.1, 0.15) is 0 Å². The molecule has 0 bridgehead atoms. The molecule has 1 N–H and O–H groups in total. The average molecular weight is 296 g/mol. The lowest BCUT2D eigenvalue weighted by atomic mass is 10.1. The van der Waals surface area contributed by atoms with E-state index in [1.165, 1.54) is 0 Å². The number of hydrogen-bond donors (Lipinski definition) is 1. The summed E-state index contributed by atoms with van der Waals surface area (Å²) in [6.45, 7) is 8.93. The number of hydrogen-bond acceptors (Lipinski definition) is 3. The standard InChI is InChI=1S/C15H24N2O2S/c1-4-17-9-7-14(8-10-17)16-20(18,19)15-6-5-12(2)11-13(15)3/h5-6,11,14,16H,4,7-10H2,1-3H3. The van der Waals surface area contributed by atoms with E-state index in [1.807, 2.05) is 26.0 Å². The Labute approximate surface area is 122 Å². The van der Waals surface area contributed by atoms with Crippen LogP contribution < -0.4 is 4.72 Å². The predicted molar refractivity (Wildman–Crippen MR) is 81.4 cm³/mol. The van der Waals surface area contributed by atoms with Gasteiger partial charge in [0.15, 0.2) is 0 Å². The first-order chi connectivity index (χ1) is 9.42. The number of benzene rings is 1. The summed E-state index contributed by atoms with van der Waals surface area (Å²) in [4.78, 5) is 2.75. The highest BCUT2D eigenvalue weighted by atomic mass is 32.2. The Bertz CT molecular complexity index is 561. The Balaban J connectivity index is 2.08. The second-order valence-electron chi connectivity index (χ2n) is 5.60. The Hall–Kier alpha value is -0.910. The number of piperidine rings is 1. The van der Waals surface area contributed by atoms with E-state index in [0.29, 0.717) is 4.90 Å². The summed E-state index contributed by atoms with van der Waals surface area (Å²) in [6, 6.07) is 5.52. The molecule has 2 rings (SSSR count). The van der Waals surface area contributed by atoms with Crippen LogP contribution >= 0.6 is 0 Å². The van der Waals surface area contributed by atoms with Gasteiger partial charge in [0, 0.05) is 6.04 Å². The van der Waals surface area contributed by atoms with E-state index in [-0.39, 0.29) is 6.04 Å². The van der Waals surface area contributed by atoms with Gasteiger partial charge in [-0.2, -0.15) is 0 Å². The fourth-order valence-corrected chi connectivity index (χ4v) is 4.28. The number of nitrogens with zero attached hydrogens (tertiary/aromatic N) is 1. The summed E-state index contributed by atoms with van der Waals surface area (Å²) in [7, 11) is -3.40. The Morgan fingerprint density at radius 2 is 1.90 bits per heavy atom. The van der Waals surface area contributed by atoms with E-state index in [2.05, 4.69) is 16.5 Å². The molecule has 1 aliphatic heterocycles. The summed E-state index contributed by atoms with van der Waals surface area (Å²) in [6.07, 6.45) is 1.77. The first kappa shape index (κ1) is 15.5. The average Bonchev–Trinajstić information content (AvgIpc) is 2.38. The SMILES string of the molecule is CCN1CCC(NS(=O)(=O)c2ccc(C)cc2C)CC1. The minimum absolute atomic E-state index is 0.0588. The highest BCUT2D eigenvalue weighted by Crippen LogP contribution is 2.19. The number of aryl methyl sites for hydroxylation is 2. The molecule has 0 aliphatic carbocycles. The fraction of sp³-hybridized carbons (Fsp3) is 0.600. The molecule has 1 aromatic rings. The van der Waals surface area contributed by atoms with Crippen LogP contribution in [0, 0.1) is 13.8 Å². The zero-order valence-electron chi connectivity index (χ0n) is 12.5. The maximum Gasteiger partial charge on any atom is 0.241 e. The molecule has 0 saturated carbocycles. The molecule has 4 nitrogen and oxygen atoms in total. The minimum Gasteiger partial charge on any atom is -0.303 e. The van der Waals surface area contributed by atoms with Gasteiger partial charge in [-0.05, 0) is 58.0 Å². The molecular formula is C15H24N2O2S. The van der Waals surface area contributed by atoms with Gasteiger partial charge < -0.3 is 4.90 Å². The molecule has 0 amide bonds. The molecule has 0 aromatic heterocycles. The molecule has 20 heavy (non-hydrogen) atoms. The lowest BCUT2D eigenvalue weighted by Gasteiger charge is -2.31. The van der Waals surface area contributed by atoms with Crippen LogP contribution in [-0.2, 0) is 10.0 Å². The van der Waals surface area contributed by atoms with Crippen molar-refractivity contribution in [2.24, 2.45) is 0 Å². The minimum atomic E-state index is -3.40. The van der Waals surface area contributed by atoms with Crippen LogP contribution in [0.5, 0.6) is 0 Å². The molecule has 1 heterocycles. The second kappa shape index (κ2) is 6.24. The zero-order valence-corrected chi connectivity index (χ0v) is 13.3. The van der Waals surface area contributed by atoms with Crippen LogP contribution in [0.4, 0.5) is 0 Å². The van der Waals surface area contributed by atoms with Crippen LogP contribution in [0.25, 0.3) is 0 Å². The van der Waals surface area contributed by atoms with Gasteiger partial charge >= 0.3 is 0 Å². The third kappa shape index (κ3) is 3.59. The second-order valence-corrected chi connectivity index (χ2v) is 7.28. The lowest BCUT2D eigenvalue weighted by molar-refractivity contribution is 0.217. The van der Waals surface area contributed by atoms with Crippen molar-refractivity contribution in [3.05, 3.63) is 29.3 Å². The molecule has 0 spiro atoms. The molecular weight excluding hydrogens is 272 g/mol. The first-order valence-electron chi connectivity index (χ1n) is 7.24. The van der Waals surface area contributed by atoms with Gasteiger partial charge in [0.05, 0.1) is 4.90 Å². The summed E-state index contributed by atoms with van der Waals surface area (Å²) >= 11 is 0. The maximum absolute atomic E-state index is 12.5. The van der Waals surface area contributed by atoms with Crippen molar-refractivity contribution in [2.45, 2.75) is 44.6 Å². The molecule has 1 saturated heterocycles. The van der Waals surface area contributed by atoms with Crippen molar-refractivity contribution in [1.82, 2.24) is 9.62 Å². The first-order valence-corrected chi connectivity index (χ1v) is 8.72. The molecule has 112 valence electrons. The van der Waals surface area contributed by atoms with E-state index in [4.69, 9.17) is 0 Å². The highest BCUT2D eigenvalue weighted by molar-refractivity contribution is 7.89. The number of nitrogens with one attached hydrogen (secondary N) is 1. The Morgan fingerprint density at radius 3 is 2.45 bits per heavy atom. The molecule has 1 aliphatic rings. The van der Waals surface area contributed by atoms with Crippen molar-refractivity contribution in [3.8, 4) is 0 Å². The van der Waals surface area contributed by atoms with Crippen molar-refractivity contribution in [3.63, 3.8) is 0 Å². The maximum atomic E-state index is 12.5. The van der Waals surface area contributed by atoms with Crippen molar-refractivity contribution in [1.29, 1.82) is 0 Å². The molecule has 1 aromatic carbocycles. The monoisotopic (exact) mass is 296 g/mol. The Kier molecular flexibility index (Phi) is 4.83. The predicted octanol–water partition coefficient (Wildman–Crippen LogP) is 2.07. The smallest absolute Gasteiger partial charge is 0.241 e. The number of likely N-dealkylation sites (tertiary alicyclic amines) is 1. The largest absolute Gasteiger partial charge is 0.303 e. The van der Waals surface area contributed by atoms with Gasteiger partial charge in [-0.1, -0.05) is 24.6 Å². The molecule has 0 unspecified atom stereocenters. The molecule has 1 fully saturated rings. The van der Waals surface area contributed by atoms with Crippen molar-refractivity contribution >= 4 is 10.0 Å². The number of sulfonamides is 1. The summed E-state index contributed by atoms with van der Waals surface area (Å²) in [5.74, 6) is 0. The van der Waals surface area contributed by atoms with Crippen LogP contribution in [-0.4, -0.2) is 39.0 Å². The van der Waals surface area contributed by atoms with Crippen LogP contribution in [0.3, 0.4) is 0 Å². The topological polar surface area (TPSA) is 49.4 Å².